The Morgan fingerprint density at radius 3 is 0.950 bits per heavy atom. The van der Waals surface area contributed by atoms with Crippen LogP contribution in [0.3, 0.4) is 0 Å². The van der Waals surface area contributed by atoms with E-state index in [4.69, 9.17) is 13.3 Å². The highest BCUT2D eigenvalue weighted by Crippen LogP contribution is 2.69. The van der Waals surface area contributed by atoms with Crippen LogP contribution >= 0.6 is 0 Å². The van der Waals surface area contributed by atoms with E-state index >= 15 is 0 Å². The monoisotopic (exact) mass is 1820 g/mol. The molecule has 0 bridgehead atoms. The molecule has 0 radical (unpaired) electrons. The van der Waals surface area contributed by atoms with Crippen molar-refractivity contribution >= 4 is 82.9 Å². The summed E-state index contributed by atoms with van der Waals surface area (Å²) in [5.74, 6) is 0. The Kier molecular flexibility index (Phi) is 20.8. The fourth-order valence-electron chi connectivity index (χ4n) is 29.1. The van der Waals surface area contributed by atoms with Gasteiger partial charge in [0.1, 0.15) is 33.5 Å². The molecule has 0 amide bonds. The van der Waals surface area contributed by atoms with Crippen LogP contribution in [0.25, 0.3) is 166 Å². The number of fused-ring (bicyclic) bond motifs is 37. The molecule has 696 valence electrons. The Morgan fingerprint density at radius 1 is 0.209 bits per heavy atom. The van der Waals surface area contributed by atoms with Crippen molar-refractivity contribution < 1.29 is 13.3 Å². The van der Waals surface area contributed by atoms with E-state index in [1.165, 1.54) is 333 Å². The summed E-state index contributed by atoms with van der Waals surface area (Å²) in [5.41, 5.74) is 50.5. The van der Waals surface area contributed by atoms with Crippen LogP contribution in [0.4, 0.5) is 17.1 Å². The van der Waals surface area contributed by atoms with Crippen molar-refractivity contribution in [2.45, 2.75) is 289 Å². The van der Waals surface area contributed by atoms with Crippen LogP contribution in [0.5, 0.6) is 0 Å². The lowest BCUT2D eigenvalue weighted by Gasteiger charge is -2.35. The van der Waals surface area contributed by atoms with E-state index in [9.17, 15) is 0 Å². The summed E-state index contributed by atoms with van der Waals surface area (Å²) in [6.07, 6.45) is 29.4. The van der Waals surface area contributed by atoms with Gasteiger partial charge >= 0.3 is 0 Å². The third-order valence-corrected chi connectivity index (χ3v) is 35.9. The average Bonchev–Trinajstić information content (AvgIpc) is 1.50. The minimum absolute atomic E-state index is 0.00742. The molecule has 18 aromatic rings. The number of hydrogen-bond acceptors (Lipinski definition) is 4. The maximum Gasteiger partial charge on any atom is 0.144 e. The van der Waals surface area contributed by atoms with Gasteiger partial charge in [0.05, 0.1) is 0 Å². The molecule has 0 N–H and O–H groups in total. The largest absolute Gasteiger partial charge is 0.455 e. The van der Waals surface area contributed by atoms with Crippen molar-refractivity contribution in [3.05, 3.63) is 339 Å². The summed E-state index contributed by atoms with van der Waals surface area (Å²) in [4.78, 5) is 2.71. The topological polar surface area (TPSA) is 42.7 Å². The molecule has 25 rings (SSSR count). The van der Waals surface area contributed by atoms with Crippen molar-refractivity contribution in [3.63, 3.8) is 0 Å². The van der Waals surface area contributed by atoms with Crippen molar-refractivity contribution in [2.24, 2.45) is 0 Å². The Balaban J connectivity index is 0.673. The highest BCUT2D eigenvalue weighted by Gasteiger charge is 2.54. The molecule has 0 atom stereocenters. The lowest BCUT2D eigenvalue weighted by molar-refractivity contribution is 0.399. The second kappa shape index (κ2) is 32.8. The zero-order chi connectivity index (χ0) is 94.7. The molecule has 0 spiro atoms. The first-order chi connectivity index (χ1) is 67.6. The van der Waals surface area contributed by atoms with Gasteiger partial charge in [-0.25, -0.2) is 0 Å². The number of para-hydroxylation sites is 3. The summed E-state index contributed by atoms with van der Waals surface area (Å²) in [5, 5.41) is 7.20. The number of hydrogen-bond donors (Lipinski definition) is 0. The first-order valence-corrected chi connectivity index (χ1v) is 53.6. The first kappa shape index (κ1) is 88.0. The van der Waals surface area contributed by atoms with Gasteiger partial charge in [-0.1, -0.05) is 407 Å². The van der Waals surface area contributed by atoms with E-state index in [2.05, 4.69) is 363 Å². The molecule has 7 aliphatic carbocycles. The SMILES string of the molecule is CCCCCCCC1(CCCCCCC)c2ccccc2-c2ccc(-c3ccc4c(c3)C(C)(C)c3cc(-c5cc6c(c7c5oc5ccccc57)-c5ccc(N(c7ccc8c(c7)C(C)(C)c7c9c(c%10oc%11ccccc%11c%10c7-8)-c7ccccc7C9(C)C)c7ccc8c(c7)C(C)(C)c7c9c(c%10oc%11ccccc%11c%10c7-8)-c7ccccc7C9(C)C)cc5C6(CCCCCCC)CCCCCCC)ccc3-4)cc21. The first-order valence-electron chi connectivity index (χ1n) is 53.6. The molecule has 3 heterocycles. The van der Waals surface area contributed by atoms with Gasteiger partial charge < -0.3 is 18.2 Å². The van der Waals surface area contributed by atoms with E-state index in [1.807, 2.05) is 0 Å². The number of rotatable bonds is 29. The van der Waals surface area contributed by atoms with Gasteiger partial charge in [-0.05, 0) is 266 Å². The summed E-state index contributed by atoms with van der Waals surface area (Å²) in [6.45, 7) is 34.4. The summed E-state index contributed by atoms with van der Waals surface area (Å²) in [7, 11) is 0. The van der Waals surface area contributed by atoms with E-state index in [1.54, 1.807) is 11.1 Å². The van der Waals surface area contributed by atoms with E-state index in [-0.39, 0.29) is 27.1 Å². The molecule has 4 nitrogen and oxygen atoms in total. The molecule has 3 aromatic heterocycles. The maximum absolute atomic E-state index is 7.63. The Hall–Kier alpha value is -12.5. The number of nitrogens with zero attached hydrogens (tertiary/aromatic N) is 1. The van der Waals surface area contributed by atoms with Crippen LogP contribution in [-0.2, 0) is 37.9 Å². The smallest absolute Gasteiger partial charge is 0.144 e. The Morgan fingerprint density at radius 2 is 0.504 bits per heavy atom. The van der Waals surface area contributed by atoms with Gasteiger partial charge in [-0.15, -0.1) is 0 Å². The van der Waals surface area contributed by atoms with E-state index < -0.39 is 10.8 Å². The maximum atomic E-state index is 7.63. The predicted octanol–water partition coefficient (Wildman–Crippen LogP) is 39.7. The highest BCUT2D eigenvalue weighted by atomic mass is 16.3. The van der Waals surface area contributed by atoms with E-state index in [0.29, 0.717) is 0 Å². The van der Waals surface area contributed by atoms with Gasteiger partial charge in [0, 0.05) is 104 Å². The van der Waals surface area contributed by atoms with Crippen molar-refractivity contribution in [1.82, 2.24) is 0 Å². The Labute approximate surface area is 823 Å². The summed E-state index contributed by atoms with van der Waals surface area (Å²) >= 11 is 0. The number of anilines is 3. The fourth-order valence-corrected chi connectivity index (χ4v) is 29.1. The molecule has 0 aliphatic heterocycles. The van der Waals surface area contributed by atoms with Crippen LogP contribution in [-0.4, -0.2) is 0 Å². The zero-order valence-corrected chi connectivity index (χ0v) is 84.5. The minimum atomic E-state index is -0.443. The van der Waals surface area contributed by atoms with Crippen molar-refractivity contribution in [2.75, 3.05) is 4.90 Å². The van der Waals surface area contributed by atoms with Gasteiger partial charge in [0.2, 0.25) is 0 Å². The number of furan rings is 3. The van der Waals surface area contributed by atoms with Crippen LogP contribution in [0.1, 0.15) is 329 Å². The highest BCUT2D eigenvalue weighted by molar-refractivity contribution is 6.24. The molecule has 0 saturated carbocycles. The molecule has 0 unspecified atom stereocenters. The van der Waals surface area contributed by atoms with Gasteiger partial charge in [0.25, 0.3) is 0 Å². The average molecular weight is 1820 g/mol. The number of unbranched alkanes of at least 4 members (excludes halogenated alkanes) is 16. The van der Waals surface area contributed by atoms with Crippen LogP contribution < -0.4 is 4.90 Å². The van der Waals surface area contributed by atoms with Crippen molar-refractivity contribution in [3.8, 4) is 100 Å². The molecular weight excluding hydrogens is 1680 g/mol. The fraction of sp³-hybridized carbons (Fsp3) is 0.333. The zero-order valence-electron chi connectivity index (χ0n) is 84.5. The summed E-state index contributed by atoms with van der Waals surface area (Å²) in [6, 6.07) is 103. The predicted molar refractivity (Wildman–Crippen MR) is 588 cm³/mol. The molecular formula is C135H133NO3. The normalized spacial score (nSPS) is 16.1. The van der Waals surface area contributed by atoms with Crippen LogP contribution in [0, 0.1) is 0 Å². The van der Waals surface area contributed by atoms with Gasteiger partial charge in [0.15, 0.2) is 0 Å². The minimum Gasteiger partial charge on any atom is -0.455 e. The molecule has 0 saturated heterocycles. The lowest BCUT2D eigenvalue weighted by Crippen LogP contribution is -2.26. The summed E-state index contributed by atoms with van der Waals surface area (Å²) < 4.78 is 22.2. The third-order valence-electron chi connectivity index (χ3n) is 35.9. The molecule has 4 heteroatoms. The molecule has 0 fully saturated rings. The molecule has 15 aromatic carbocycles. The van der Waals surface area contributed by atoms with E-state index in [0.717, 1.165) is 70.6 Å². The second-order valence-corrected chi connectivity index (χ2v) is 45.6. The molecule has 7 aliphatic rings. The third kappa shape index (κ3) is 12.7. The van der Waals surface area contributed by atoms with Crippen molar-refractivity contribution in [1.29, 1.82) is 0 Å². The number of benzene rings is 15. The second-order valence-electron chi connectivity index (χ2n) is 45.6. The molecule has 139 heavy (non-hydrogen) atoms. The van der Waals surface area contributed by atoms with Crippen LogP contribution in [0.15, 0.2) is 274 Å². The quantitative estimate of drug-likeness (QED) is 0.0438. The van der Waals surface area contributed by atoms with Crippen LogP contribution in [0.2, 0.25) is 0 Å². The Bertz CT molecular complexity index is 7850. The van der Waals surface area contributed by atoms with Gasteiger partial charge in [-0.2, -0.15) is 0 Å². The standard InChI is InChI=1S/C135H133NO3/c1-15-19-23-27-43-71-134(72-44-28-24-20-16-2)103-55-39-31-47-88(103)91-66-60-83(76-108(91)134)82-59-65-89-90-67-61-84(77-105(90)129(5,6)104(89)75-82)100-81-110-114(117-97-50-34-40-56-111(97)137-126(100)117)96-70-64-87(80-109(96)135(110,73-45-29-25-21-17-3)74-46-30-26-22-18-4)136(85-62-68-94-106(78-85)132(11,12)122-115(94)118-98-51-35-41-57-112(98)138-127(118)120-92-48-32-37-53-101(92)130(7,8)124(120)122)86-63-69-95-107(79-86)133(13,14)123-116(95)119-99-52-36-42-58-113(99)139-128(119)121-93-49-33-38-54-102(93)131(9,10)125(121)123/h31-42,47-70,75-81H,15-30,43-46,71-74H2,1-14H3. The lowest BCUT2D eigenvalue weighted by atomic mass is 9.70. The van der Waals surface area contributed by atoms with Gasteiger partial charge in [-0.3, -0.25) is 0 Å².